The zero-order valence-corrected chi connectivity index (χ0v) is 18.5. The van der Waals surface area contributed by atoms with Crippen LogP contribution in [0.15, 0.2) is 39.3 Å². The lowest BCUT2D eigenvalue weighted by Gasteiger charge is -2.36. The van der Waals surface area contributed by atoms with E-state index in [9.17, 15) is 13.9 Å². The third-order valence-electron chi connectivity index (χ3n) is 4.63. The largest absolute Gasteiger partial charge is 0.388 e. The van der Waals surface area contributed by atoms with E-state index in [-0.39, 0.29) is 11.7 Å². The van der Waals surface area contributed by atoms with Crippen molar-refractivity contribution in [2.24, 2.45) is 5.92 Å². The van der Waals surface area contributed by atoms with Gasteiger partial charge in [0.15, 0.2) is 0 Å². The molecule has 1 saturated heterocycles. The molecule has 0 saturated carbocycles. The lowest BCUT2D eigenvalue weighted by Crippen LogP contribution is -2.36. The molecule has 25 heavy (non-hydrogen) atoms. The molecular formula is C18H16Br2F2INO. The van der Waals surface area contributed by atoms with Crippen molar-refractivity contribution < 1.29 is 13.9 Å². The summed E-state index contributed by atoms with van der Waals surface area (Å²) >= 11 is 8.41. The van der Waals surface area contributed by atoms with Crippen LogP contribution in [0.5, 0.6) is 0 Å². The Kier molecular flexibility index (Phi) is 6.39. The van der Waals surface area contributed by atoms with E-state index in [2.05, 4.69) is 59.4 Å². The summed E-state index contributed by atoms with van der Waals surface area (Å²) in [6, 6.07) is 8.54. The van der Waals surface area contributed by atoms with Gasteiger partial charge in [0.1, 0.15) is 11.6 Å². The fraction of sp³-hybridized carbons (Fsp3) is 0.333. The molecule has 2 aromatic carbocycles. The van der Waals surface area contributed by atoms with Crippen molar-refractivity contribution >= 4 is 60.1 Å². The molecule has 134 valence electrons. The zero-order valence-electron chi connectivity index (χ0n) is 13.2. The second-order valence-electron chi connectivity index (χ2n) is 6.12. The fourth-order valence-electron chi connectivity index (χ4n) is 3.20. The summed E-state index contributed by atoms with van der Waals surface area (Å²) in [4.78, 5) is 2.10. The highest BCUT2D eigenvalue weighted by molar-refractivity contribution is 14.1. The van der Waals surface area contributed by atoms with Crippen LogP contribution in [-0.2, 0) is 0 Å². The molecular weight excluding hydrogens is 571 g/mol. The second kappa shape index (κ2) is 8.19. The van der Waals surface area contributed by atoms with Crippen LogP contribution in [0.4, 0.5) is 14.5 Å². The van der Waals surface area contributed by atoms with Crippen LogP contribution in [-0.4, -0.2) is 18.2 Å². The highest BCUT2D eigenvalue weighted by Gasteiger charge is 2.30. The average molecular weight is 587 g/mol. The lowest BCUT2D eigenvalue weighted by atomic mass is 9.87. The summed E-state index contributed by atoms with van der Waals surface area (Å²) < 4.78 is 29.7. The molecule has 1 N–H and O–H groups in total. The van der Waals surface area contributed by atoms with Crippen molar-refractivity contribution in [2.75, 3.05) is 18.0 Å². The van der Waals surface area contributed by atoms with Crippen molar-refractivity contribution in [3.63, 3.8) is 0 Å². The molecule has 0 bridgehead atoms. The normalized spacial score (nSPS) is 17.0. The number of hydrogen-bond acceptors (Lipinski definition) is 2. The first kappa shape index (κ1) is 19.5. The van der Waals surface area contributed by atoms with Gasteiger partial charge in [-0.05, 0) is 104 Å². The second-order valence-corrected chi connectivity index (χ2v) is 9.00. The fourth-order valence-corrected chi connectivity index (χ4v) is 4.53. The monoisotopic (exact) mass is 585 g/mol. The molecule has 0 spiro atoms. The van der Waals surface area contributed by atoms with Crippen molar-refractivity contribution in [1.29, 1.82) is 0 Å². The SMILES string of the molecule is OC(c1c(I)ccc(Br)c1F)C1CCN(c2ccc(Br)c(F)c2)CC1. The van der Waals surface area contributed by atoms with Gasteiger partial charge < -0.3 is 10.0 Å². The minimum Gasteiger partial charge on any atom is -0.388 e. The van der Waals surface area contributed by atoms with E-state index in [1.165, 1.54) is 6.07 Å². The Morgan fingerprint density at radius 3 is 2.36 bits per heavy atom. The Labute approximate surface area is 176 Å². The Morgan fingerprint density at radius 2 is 1.72 bits per heavy atom. The maximum atomic E-state index is 14.4. The third-order valence-corrected chi connectivity index (χ3v) is 6.83. The number of benzene rings is 2. The van der Waals surface area contributed by atoms with E-state index in [0.717, 1.165) is 22.1 Å². The van der Waals surface area contributed by atoms with Crippen LogP contribution < -0.4 is 4.90 Å². The molecule has 2 aromatic rings. The number of aliphatic hydroxyl groups is 1. The van der Waals surface area contributed by atoms with Gasteiger partial charge in [0.25, 0.3) is 0 Å². The topological polar surface area (TPSA) is 23.5 Å². The van der Waals surface area contributed by atoms with Crippen molar-refractivity contribution in [1.82, 2.24) is 0 Å². The molecule has 0 aromatic heterocycles. The maximum absolute atomic E-state index is 14.4. The van der Waals surface area contributed by atoms with Gasteiger partial charge in [-0.3, -0.25) is 0 Å². The van der Waals surface area contributed by atoms with E-state index < -0.39 is 11.9 Å². The van der Waals surface area contributed by atoms with Gasteiger partial charge in [0, 0.05) is 27.9 Å². The van der Waals surface area contributed by atoms with Crippen molar-refractivity contribution in [3.8, 4) is 0 Å². The molecule has 1 aliphatic heterocycles. The number of piperidine rings is 1. The highest BCUT2D eigenvalue weighted by atomic mass is 127. The van der Waals surface area contributed by atoms with Crippen LogP contribution >= 0.6 is 54.5 Å². The summed E-state index contributed by atoms with van der Waals surface area (Å²) in [7, 11) is 0. The van der Waals surface area contributed by atoms with E-state index in [1.54, 1.807) is 18.2 Å². The first-order valence-corrected chi connectivity index (χ1v) is 10.6. The molecule has 7 heteroatoms. The molecule has 2 nitrogen and oxygen atoms in total. The number of hydrogen-bond donors (Lipinski definition) is 1. The summed E-state index contributed by atoms with van der Waals surface area (Å²) in [6.07, 6.45) is 0.607. The summed E-state index contributed by atoms with van der Waals surface area (Å²) in [5.41, 5.74) is 1.19. The first-order chi connectivity index (χ1) is 11.9. The predicted molar refractivity (Wildman–Crippen MR) is 111 cm³/mol. The number of anilines is 1. The Hall–Kier alpha value is -0.250. The smallest absolute Gasteiger partial charge is 0.144 e. The van der Waals surface area contributed by atoms with Crippen molar-refractivity contribution in [2.45, 2.75) is 18.9 Å². The van der Waals surface area contributed by atoms with Gasteiger partial charge in [-0.1, -0.05) is 0 Å². The zero-order chi connectivity index (χ0) is 18.1. The van der Waals surface area contributed by atoms with Crippen molar-refractivity contribution in [3.05, 3.63) is 60.0 Å². The van der Waals surface area contributed by atoms with Gasteiger partial charge in [0.2, 0.25) is 0 Å². The van der Waals surface area contributed by atoms with Crippen LogP contribution in [0.25, 0.3) is 0 Å². The molecule has 0 amide bonds. The maximum Gasteiger partial charge on any atom is 0.144 e. The van der Waals surface area contributed by atoms with Crippen LogP contribution in [0.1, 0.15) is 24.5 Å². The number of nitrogens with zero attached hydrogens (tertiary/aromatic N) is 1. The Bertz CT molecular complexity index is 782. The van der Waals surface area contributed by atoms with Crippen LogP contribution in [0, 0.1) is 21.1 Å². The van der Waals surface area contributed by atoms with Gasteiger partial charge in [-0.25, -0.2) is 8.78 Å². The minimum absolute atomic E-state index is 0.0196. The summed E-state index contributed by atoms with van der Waals surface area (Å²) in [6.45, 7) is 1.41. The van der Waals surface area contributed by atoms with Gasteiger partial charge in [0.05, 0.1) is 15.0 Å². The third kappa shape index (κ3) is 4.20. The minimum atomic E-state index is -0.840. The molecule has 1 atom stereocenters. The Morgan fingerprint density at radius 1 is 1.08 bits per heavy atom. The van der Waals surface area contributed by atoms with E-state index in [0.29, 0.717) is 27.6 Å². The molecule has 1 unspecified atom stereocenters. The quantitative estimate of drug-likeness (QED) is 0.350. The molecule has 3 rings (SSSR count). The summed E-state index contributed by atoms with van der Waals surface area (Å²) in [5, 5.41) is 10.7. The van der Waals surface area contributed by atoms with Gasteiger partial charge >= 0.3 is 0 Å². The van der Waals surface area contributed by atoms with E-state index in [4.69, 9.17) is 0 Å². The summed E-state index contributed by atoms with van der Waals surface area (Å²) in [5.74, 6) is -0.698. The molecule has 0 aliphatic carbocycles. The lowest BCUT2D eigenvalue weighted by molar-refractivity contribution is 0.0886. The van der Waals surface area contributed by atoms with Gasteiger partial charge in [-0.15, -0.1) is 0 Å². The molecule has 1 fully saturated rings. The van der Waals surface area contributed by atoms with Crippen LogP contribution in [0.2, 0.25) is 0 Å². The molecule has 1 heterocycles. The predicted octanol–water partition coefficient (Wildman–Crippen LogP) is 6.04. The van der Waals surface area contributed by atoms with Crippen LogP contribution in [0.3, 0.4) is 0 Å². The van der Waals surface area contributed by atoms with Gasteiger partial charge in [-0.2, -0.15) is 0 Å². The number of rotatable bonds is 3. The number of halogens is 5. The first-order valence-electron chi connectivity index (χ1n) is 7.90. The van der Waals surface area contributed by atoms with E-state index in [1.807, 2.05) is 6.07 Å². The standard InChI is InChI=1S/C18H16Br2F2INO/c19-12-2-1-11(9-14(12)21)24-7-5-10(6-8-24)18(25)16-15(23)4-3-13(20)17(16)22/h1-4,9-10,18,25H,5-8H2. The number of aliphatic hydroxyl groups excluding tert-OH is 1. The highest BCUT2D eigenvalue weighted by Crippen LogP contribution is 2.37. The average Bonchev–Trinajstić information content (AvgIpc) is 2.61. The Balaban J connectivity index is 1.72. The van der Waals surface area contributed by atoms with E-state index >= 15 is 0 Å². The molecule has 1 aliphatic rings. The molecule has 0 radical (unpaired) electrons.